The van der Waals surface area contributed by atoms with Crippen LogP contribution in [0.4, 0.5) is 0 Å². The molecule has 92 valence electrons. The lowest BCUT2D eigenvalue weighted by Crippen LogP contribution is -2.36. The van der Waals surface area contributed by atoms with Crippen LogP contribution >= 0.6 is 0 Å². The Kier molecular flexibility index (Phi) is 3.82. The van der Waals surface area contributed by atoms with Gasteiger partial charge in [-0.1, -0.05) is 0 Å². The zero-order chi connectivity index (χ0) is 11.5. The molecule has 2 rings (SSSR count). The van der Waals surface area contributed by atoms with Gasteiger partial charge in [0.2, 0.25) is 5.91 Å². The van der Waals surface area contributed by atoms with Gasteiger partial charge in [-0.05, 0) is 31.7 Å². The maximum Gasteiger partial charge on any atom is 0.219 e. The van der Waals surface area contributed by atoms with Crippen molar-refractivity contribution in [1.82, 2.24) is 9.80 Å². The molecule has 0 aromatic heterocycles. The van der Waals surface area contributed by atoms with Gasteiger partial charge in [-0.3, -0.25) is 4.79 Å². The molecule has 0 aromatic rings. The van der Waals surface area contributed by atoms with E-state index >= 15 is 0 Å². The number of nitrogens with zero attached hydrogens (tertiary/aromatic N) is 2. The first-order valence-electron chi connectivity index (χ1n) is 6.40. The van der Waals surface area contributed by atoms with Crippen LogP contribution in [0.2, 0.25) is 0 Å². The van der Waals surface area contributed by atoms with E-state index < -0.39 is 0 Å². The second kappa shape index (κ2) is 5.15. The first kappa shape index (κ1) is 11.9. The highest BCUT2D eigenvalue weighted by atomic mass is 16.2. The van der Waals surface area contributed by atoms with Crippen LogP contribution in [0.3, 0.4) is 0 Å². The maximum absolute atomic E-state index is 11.5. The van der Waals surface area contributed by atoms with Gasteiger partial charge in [-0.2, -0.15) is 0 Å². The van der Waals surface area contributed by atoms with E-state index in [0.717, 1.165) is 32.7 Å². The molecule has 2 fully saturated rings. The van der Waals surface area contributed by atoms with Crippen molar-refractivity contribution in [1.29, 1.82) is 0 Å². The number of carbonyl (C=O) groups is 1. The molecule has 4 nitrogen and oxygen atoms in total. The van der Waals surface area contributed by atoms with Gasteiger partial charge < -0.3 is 15.5 Å². The van der Waals surface area contributed by atoms with Crippen molar-refractivity contribution >= 4 is 5.91 Å². The zero-order valence-corrected chi connectivity index (χ0v) is 10.2. The Morgan fingerprint density at radius 1 is 1.44 bits per heavy atom. The van der Waals surface area contributed by atoms with Crippen LogP contribution in [-0.4, -0.2) is 54.5 Å². The maximum atomic E-state index is 11.5. The molecule has 0 bridgehead atoms. The molecule has 4 heteroatoms. The Balaban J connectivity index is 1.78. The quantitative estimate of drug-likeness (QED) is 0.731. The van der Waals surface area contributed by atoms with E-state index in [-0.39, 0.29) is 5.91 Å². The molecule has 1 saturated carbocycles. The van der Waals surface area contributed by atoms with Gasteiger partial charge >= 0.3 is 0 Å². The molecule has 0 unspecified atom stereocenters. The van der Waals surface area contributed by atoms with Crippen molar-refractivity contribution < 1.29 is 4.79 Å². The molecule has 1 saturated heterocycles. The highest BCUT2D eigenvalue weighted by molar-refractivity contribution is 5.74. The van der Waals surface area contributed by atoms with Crippen LogP contribution in [0.5, 0.6) is 0 Å². The minimum Gasteiger partial charge on any atom is -0.340 e. The summed E-state index contributed by atoms with van der Waals surface area (Å²) in [5.74, 6) is 0.913. The average molecular weight is 225 g/mol. The summed E-state index contributed by atoms with van der Waals surface area (Å²) in [6.45, 7) is 6.67. The van der Waals surface area contributed by atoms with E-state index in [4.69, 9.17) is 5.73 Å². The average Bonchev–Trinajstić information content (AvgIpc) is 2.97. The summed E-state index contributed by atoms with van der Waals surface area (Å²) in [7, 11) is 0. The molecule has 1 amide bonds. The topological polar surface area (TPSA) is 49.6 Å². The van der Waals surface area contributed by atoms with Crippen LogP contribution in [0, 0.1) is 5.92 Å². The molecule has 1 atom stereocenters. The Hall–Kier alpha value is -0.610. The standard InChI is InChI=1S/C12H23N3O/c1-10(16)15(12-2-3-12)9-11-4-6-14(8-11)7-5-13/h11-12H,2-9,13H2,1H3/t11-/m0/s1. The predicted molar refractivity (Wildman–Crippen MR) is 64.0 cm³/mol. The van der Waals surface area contributed by atoms with Crippen molar-refractivity contribution in [3.8, 4) is 0 Å². The molecule has 2 N–H and O–H groups in total. The van der Waals surface area contributed by atoms with Gasteiger partial charge in [-0.25, -0.2) is 0 Å². The third-order valence-electron chi connectivity index (χ3n) is 3.66. The van der Waals surface area contributed by atoms with Gasteiger partial charge in [0.05, 0.1) is 0 Å². The van der Waals surface area contributed by atoms with Crippen molar-refractivity contribution in [2.45, 2.75) is 32.2 Å². The molecular formula is C12H23N3O. The second-order valence-electron chi connectivity index (χ2n) is 5.15. The van der Waals surface area contributed by atoms with Crippen molar-refractivity contribution in [3.63, 3.8) is 0 Å². The van der Waals surface area contributed by atoms with Crippen molar-refractivity contribution in [2.24, 2.45) is 11.7 Å². The fraction of sp³-hybridized carbons (Fsp3) is 0.917. The zero-order valence-electron chi connectivity index (χ0n) is 10.2. The van der Waals surface area contributed by atoms with Crippen LogP contribution in [0.15, 0.2) is 0 Å². The lowest BCUT2D eigenvalue weighted by atomic mass is 10.1. The largest absolute Gasteiger partial charge is 0.340 e. The SMILES string of the molecule is CC(=O)N(C[C@H]1CCN(CCN)C1)C1CC1. The minimum absolute atomic E-state index is 0.250. The number of carbonyl (C=O) groups excluding carboxylic acids is 1. The molecule has 16 heavy (non-hydrogen) atoms. The number of hydrogen-bond donors (Lipinski definition) is 1. The Morgan fingerprint density at radius 3 is 2.75 bits per heavy atom. The summed E-state index contributed by atoms with van der Waals surface area (Å²) in [6, 6.07) is 0.557. The van der Waals surface area contributed by atoms with Gasteiger partial charge in [0.1, 0.15) is 0 Å². The fourth-order valence-corrected chi connectivity index (χ4v) is 2.65. The molecule has 2 aliphatic rings. The minimum atomic E-state index is 0.250. The normalized spacial score (nSPS) is 26.0. The van der Waals surface area contributed by atoms with E-state index in [0.29, 0.717) is 12.0 Å². The summed E-state index contributed by atoms with van der Waals surface area (Å²) < 4.78 is 0. The number of hydrogen-bond acceptors (Lipinski definition) is 3. The molecule has 0 radical (unpaired) electrons. The summed E-state index contributed by atoms with van der Waals surface area (Å²) >= 11 is 0. The molecule has 1 heterocycles. The van der Waals surface area contributed by atoms with Gasteiger partial charge in [0.15, 0.2) is 0 Å². The lowest BCUT2D eigenvalue weighted by molar-refractivity contribution is -0.130. The molecule has 1 aliphatic heterocycles. The van der Waals surface area contributed by atoms with Crippen molar-refractivity contribution in [2.75, 3.05) is 32.7 Å². The van der Waals surface area contributed by atoms with Crippen LogP contribution in [0.25, 0.3) is 0 Å². The van der Waals surface area contributed by atoms with Gasteiger partial charge in [0, 0.05) is 39.1 Å². The summed E-state index contributed by atoms with van der Waals surface area (Å²) in [5.41, 5.74) is 5.56. The third kappa shape index (κ3) is 2.95. The number of rotatable bonds is 5. The van der Waals surface area contributed by atoms with Crippen LogP contribution < -0.4 is 5.73 Å². The Morgan fingerprint density at radius 2 is 2.19 bits per heavy atom. The first-order valence-corrected chi connectivity index (χ1v) is 6.40. The predicted octanol–water partition coefficient (Wildman–Crippen LogP) is 0.278. The third-order valence-corrected chi connectivity index (χ3v) is 3.66. The highest BCUT2D eigenvalue weighted by Crippen LogP contribution is 2.29. The Labute approximate surface area is 97.8 Å². The van der Waals surface area contributed by atoms with E-state index in [1.54, 1.807) is 6.92 Å². The molecule has 0 spiro atoms. The van der Waals surface area contributed by atoms with E-state index in [1.165, 1.54) is 19.3 Å². The molecule has 1 aliphatic carbocycles. The number of nitrogens with two attached hydrogens (primary N) is 1. The van der Waals surface area contributed by atoms with E-state index in [2.05, 4.69) is 9.80 Å². The van der Waals surface area contributed by atoms with E-state index in [1.807, 2.05) is 0 Å². The fourth-order valence-electron chi connectivity index (χ4n) is 2.65. The van der Waals surface area contributed by atoms with E-state index in [9.17, 15) is 4.79 Å². The smallest absolute Gasteiger partial charge is 0.219 e. The summed E-state index contributed by atoms with van der Waals surface area (Å²) in [6.07, 6.45) is 3.63. The Bertz CT molecular complexity index is 253. The second-order valence-corrected chi connectivity index (χ2v) is 5.15. The number of amides is 1. The molecular weight excluding hydrogens is 202 g/mol. The highest BCUT2D eigenvalue weighted by Gasteiger charge is 2.33. The van der Waals surface area contributed by atoms with Crippen LogP contribution in [-0.2, 0) is 4.79 Å². The van der Waals surface area contributed by atoms with Crippen molar-refractivity contribution in [3.05, 3.63) is 0 Å². The lowest BCUT2D eigenvalue weighted by Gasteiger charge is -2.24. The molecule has 0 aromatic carbocycles. The first-order chi connectivity index (χ1) is 7.70. The van der Waals surface area contributed by atoms with Gasteiger partial charge in [-0.15, -0.1) is 0 Å². The summed E-state index contributed by atoms with van der Waals surface area (Å²) in [4.78, 5) is 16.0. The summed E-state index contributed by atoms with van der Waals surface area (Å²) in [5, 5.41) is 0. The monoisotopic (exact) mass is 225 g/mol. The van der Waals surface area contributed by atoms with Crippen LogP contribution in [0.1, 0.15) is 26.2 Å². The number of likely N-dealkylation sites (tertiary alicyclic amines) is 1. The van der Waals surface area contributed by atoms with Gasteiger partial charge in [0.25, 0.3) is 0 Å².